The molecule has 0 atom stereocenters. The van der Waals surface area contributed by atoms with Crippen molar-refractivity contribution in [2.45, 2.75) is 13.3 Å². The number of hydrogen-bond acceptors (Lipinski definition) is 5. The van der Waals surface area contributed by atoms with Gasteiger partial charge in [-0.1, -0.05) is 11.6 Å². The van der Waals surface area contributed by atoms with Crippen LogP contribution in [0.25, 0.3) is 0 Å². The molecule has 0 fully saturated rings. The monoisotopic (exact) mass is 301 g/mol. The predicted octanol–water partition coefficient (Wildman–Crippen LogP) is 0.998. The van der Waals surface area contributed by atoms with E-state index in [0.29, 0.717) is 5.56 Å². The highest BCUT2D eigenvalue weighted by molar-refractivity contribution is 7.92. The molecule has 0 saturated carbocycles. The van der Waals surface area contributed by atoms with Crippen LogP contribution < -0.4 is 4.72 Å². The number of esters is 1. The van der Waals surface area contributed by atoms with Crippen LogP contribution in [0.3, 0.4) is 0 Å². The molecule has 0 spiro atoms. The number of methoxy groups -OCH3 is 1. The van der Waals surface area contributed by atoms with Gasteiger partial charge in [0, 0.05) is 0 Å². The molecule has 0 unspecified atom stereocenters. The van der Waals surface area contributed by atoms with Gasteiger partial charge in [-0.3, -0.25) is 9.52 Å². The van der Waals surface area contributed by atoms with Gasteiger partial charge in [0.05, 0.1) is 30.5 Å². The molecule has 0 aromatic heterocycles. The van der Waals surface area contributed by atoms with Crippen molar-refractivity contribution in [3.8, 4) is 0 Å². The van der Waals surface area contributed by atoms with Gasteiger partial charge in [0.25, 0.3) is 0 Å². The average molecular weight is 301 g/mol. The molecule has 0 heterocycles. The number of nitrogens with one attached hydrogen (secondary N) is 1. The lowest BCUT2D eigenvalue weighted by Crippen LogP contribution is -2.21. The first-order valence-corrected chi connectivity index (χ1v) is 7.31. The van der Waals surface area contributed by atoms with Gasteiger partial charge in [0.1, 0.15) is 0 Å². The number of ether oxygens (including phenoxy) is 1. The second kappa shape index (κ2) is 6.38. The van der Waals surface area contributed by atoms with E-state index < -0.39 is 27.7 Å². The zero-order valence-electron chi connectivity index (χ0n) is 11.0. The van der Waals surface area contributed by atoms with Crippen molar-refractivity contribution < 1.29 is 27.9 Å². The van der Waals surface area contributed by atoms with Crippen LogP contribution in [0.15, 0.2) is 18.2 Å². The van der Waals surface area contributed by atoms with E-state index in [4.69, 9.17) is 5.11 Å². The maximum atomic E-state index is 11.8. The summed E-state index contributed by atoms with van der Waals surface area (Å²) in [6, 6.07) is 4.32. The summed E-state index contributed by atoms with van der Waals surface area (Å²) in [5.41, 5.74) is 0.513. The molecule has 0 aliphatic carbocycles. The zero-order valence-corrected chi connectivity index (χ0v) is 11.9. The molecule has 110 valence electrons. The van der Waals surface area contributed by atoms with Crippen LogP contribution in [-0.4, -0.2) is 38.3 Å². The smallest absolute Gasteiger partial charge is 0.337 e. The summed E-state index contributed by atoms with van der Waals surface area (Å²) in [6.45, 7) is 1.70. The number of hydrogen-bond donors (Lipinski definition) is 2. The van der Waals surface area contributed by atoms with Crippen molar-refractivity contribution in [2.24, 2.45) is 0 Å². The Morgan fingerprint density at radius 3 is 2.55 bits per heavy atom. The first kappa shape index (κ1) is 16.0. The lowest BCUT2D eigenvalue weighted by Gasteiger charge is -2.10. The highest BCUT2D eigenvalue weighted by Gasteiger charge is 2.18. The first-order valence-electron chi connectivity index (χ1n) is 5.66. The summed E-state index contributed by atoms with van der Waals surface area (Å²) in [4.78, 5) is 22.0. The van der Waals surface area contributed by atoms with Crippen molar-refractivity contribution in [1.82, 2.24) is 0 Å². The lowest BCUT2D eigenvalue weighted by atomic mass is 10.1. The van der Waals surface area contributed by atoms with Gasteiger partial charge in [0.15, 0.2) is 0 Å². The Hall–Kier alpha value is -2.09. The van der Waals surface area contributed by atoms with E-state index >= 15 is 0 Å². The van der Waals surface area contributed by atoms with Crippen molar-refractivity contribution in [3.63, 3.8) is 0 Å². The van der Waals surface area contributed by atoms with Gasteiger partial charge in [0.2, 0.25) is 10.0 Å². The number of carbonyl (C=O) groups excluding carboxylic acids is 1. The normalized spacial score (nSPS) is 10.9. The number of sulfonamides is 1. The van der Waals surface area contributed by atoms with E-state index in [9.17, 15) is 18.0 Å². The van der Waals surface area contributed by atoms with Gasteiger partial charge in [-0.15, -0.1) is 0 Å². The topological polar surface area (TPSA) is 110 Å². The third-order valence-electron chi connectivity index (χ3n) is 2.47. The number of anilines is 1. The van der Waals surface area contributed by atoms with Gasteiger partial charge < -0.3 is 9.84 Å². The standard InChI is InChI=1S/C12H15NO6S/c1-8-3-4-10(9(7-8)12(15)16)13-20(17,18)6-5-11(14)19-2/h3-4,7,13H,5-6H2,1-2H3,(H,15,16). The van der Waals surface area contributed by atoms with Gasteiger partial charge >= 0.3 is 11.9 Å². The van der Waals surface area contributed by atoms with Gasteiger partial charge in [-0.05, 0) is 19.1 Å². The molecule has 0 bridgehead atoms. The Kier molecular flexibility index (Phi) is 5.09. The molecule has 1 aromatic carbocycles. The summed E-state index contributed by atoms with van der Waals surface area (Å²) in [5, 5.41) is 9.03. The van der Waals surface area contributed by atoms with Crippen LogP contribution in [0.4, 0.5) is 5.69 Å². The lowest BCUT2D eigenvalue weighted by molar-refractivity contribution is -0.140. The van der Waals surface area contributed by atoms with Crippen molar-refractivity contribution >= 4 is 27.6 Å². The predicted molar refractivity (Wildman–Crippen MR) is 72.2 cm³/mol. The maximum absolute atomic E-state index is 11.8. The van der Waals surface area contributed by atoms with Crippen molar-refractivity contribution in [2.75, 3.05) is 17.6 Å². The minimum absolute atomic E-state index is 0.0343. The quantitative estimate of drug-likeness (QED) is 0.758. The fraction of sp³-hybridized carbons (Fsp3) is 0.333. The molecule has 0 aliphatic heterocycles. The Labute approximate surface area is 116 Å². The molecule has 7 nitrogen and oxygen atoms in total. The number of benzene rings is 1. The number of carboxylic acid groups (broad SMARTS) is 1. The molecular formula is C12H15NO6S. The SMILES string of the molecule is COC(=O)CCS(=O)(=O)Nc1ccc(C)cc1C(=O)O. The highest BCUT2D eigenvalue weighted by Crippen LogP contribution is 2.19. The molecule has 0 aliphatic rings. The summed E-state index contributed by atoms with van der Waals surface area (Å²) in [5.74, 6) is -2.37. The minimum atomic E-state index is -3.82. The third kappa shape index (κ3) is 4.54. The number of rotatable bonds is 6. The van der Waals surface area contributed by atoms with Crippen LogP contribution in [0.2, 0.25) is 0 Å². The highest BCUT2D eigenvalue weighted by atomic mass is 32.2. The fourth-order valence-electron chi connectivity index (χ4n) is 1.46. The molecule has 20 heavy (non-hydrogen) atoms. The Bertz CT molecular complexity index is 623. The third-order valence-corrected chi connectivity index (χ3v) is 3.75. The van der Waals surface area contributed by atoms with E-state index in [1.807, 2.05) is 0 Å². The second-order valence-electron chi connectivity index (χ2n) is 4.10. The number of carboxylic acids is 1. The van der Waals surface area contributed by atoms with Crippen molar-refractivity contribution in [3.05, 3.63) is 29.3 Å². The van der Waals surface area contributed by atoms with E-state index in [1.54, 1.807) is 13.0 Å². The van der Waals surface area contributed by atoms with E-state index in [-0.39, 0.29) is 17.7 Å². The average Bonchev–Trinajstić information content (AvgIpc) is 2.37. The molecule has 0 saturated heterocycles. The maximum Gasteiger partial charge on any atom is 0.337 e. The Morgan fingerprint density at radius 1 is 1.35 bits per heavy atom. The Morgan fingerprint density at radius 2 is 2.00 bits per heavy atom. The summed E-state index contributed by atoms with van der Waals surface area (Å²) in [6.07, 6.45) is -0.305. The van der Waals surface area contributed by atoms with Crippen LogP contribution >= 0.6 is 0 Å². The molecule has 1 rings (SSSR count). The fourth-order valence-corrected chi connectivity index (χ4v) is 2.51. The molecular weight excluding hydrogens is 286 g/mol. The Balaban J connectivity index is 2.92. The molecule has 1 aromatic rings. The summed E-state index contributed by atoms with van der Waals surface area (Å²) < 4.78 is 30.0. The number of aryl methyl sites for hydroxylation is 1. The van der Waals surface area contributed by atoms with Gasteiger partial charge in [-0.25, -0.2) is 13.2 Å². The van der Waals surface area contributed by atoms with Crippen LogP contribution in [-0.2, 0) is 19.6 Å². The molecule has 8 heteroatoms. The van der Waals surface area contributed by atoms with Crippen molar-refractivity contribution in [1.29, 1.82) is 0 Å². The zero-order chi connectivity index (χ0) is 15.3. The van der Waals surface area contributed by atoms with E-state index in [0.717, 1.165) is 7.11 Å². The number of carbonyl (C=O) groups is 2. The molecule has 0 amide bonds. The molecule has 2 N–H and O–H groups in total. The number of aromatic carboxylic acids is 1. The minimum Gasteiger partial charge on any atom is -0.478 e. The largest absolute Gasteiger partial charge is 0.478 e. The van der Waals surface area contributed by atoms with E-state index in [2.05, 4.69) is 9.46 Å². The summed E-state index contributed by atoms with van der Waals surface area (Å²) >= 11 is 0. The second-order valence-corrected chi connectivity index (χ2v) is 5.94. The molecule has 0 radical (unpaired) electrons. The van der Waals surface area contributed by atoms with Crippen LogP contribution in [0.5, 0.6) is 0 Å². The first-order chi connectivity index (χ1) is 9.25. The van der Waals surface area contributed by atoms with Gasteiger partial charge in [-0.2, -0.15) is 0 Å². The van der Waals surface area contributed by atoms with Crippen LogP contribution in [0, 0.1) is 6.92 Å². The van der Waals surface area contributed by atoms with E-state index in [1.165, 1.54) is 12.1 Å². The van der Waals surface area contributed by atoms with Crippen LogP contribution in [0.1, 0.15) is 22.3 Å². The summed E-state index contributed by atoms with van der Waals surface area (Å²) in [7, 11) is -2.67.